The first kappa shape index (κ1) is 7.63. The number of hydrogen-bond donors (Lipinski definition) is 0. The third-order valence-corrected chi connectivity index (χ3v) is 1.06. The van der Waals surface area contributed by atoms with Crippen molar-refractivity contribution in [3.63, 3.8) is 0 Å². The molecule has 0 aromatic rings. The van der Waals surface area contributed by atoms with Crippen molar-refractivity contribution >= 4 is 6.29 Å². The maximum atomic E-state index is 10.1. The average molecular weight is 116 g/mol. The van der Waals surface area contributed by atoms with Crippen LogP contribution in [0, 0.1) is 5.92 Å². The first-order valence-corrected chi connectivity index (χ1v) is 2.70. The molecule has 0 fully saturated rings. The molecule has 0 aliphatic heterocycles. The summed E-state index contributed by atoms with van der Waals surface area (Å²) in [7, 11) is 1.54. The molecule has 0 spiro atoms. The summed E-state index contributed by atoms with van der Waals surface area (Å²) in [5.41, 5.74) is 0. The average Bonchev–Trinajstić information content (AvgIpc) is 1.69. The van der Waals surface area contributed by atoms with Gasteiger partial charge in [-0.1, -0.05) is 13.8 Å². The second-order valence-corrected chi connectivity index (χ2v) is 2.08. The standard InChI is InChI=1S/C6H12O2/c1-5(2)6(4-7)8-3/h4-6H,1-3H3/t6-/m0/s1. The Bertz CT molecular complexity index is 68.9. The Hall–Kier alpha value is -0.370. The SMILES string of the molecule is CO[C@@H](C=O)C(C)C. The predicted molar refractivity (Wildman–Crippen MR) is 31.7 cm³/mol. The van der Waals surface area contributed by atoms with Gasteiger partial charge in [-0.05, 0) is 5.92 Å². The van der Waals surface area contributed by atoms with Gasteiger partial charge in [-0.3, -0.25) is 0 Å². The zero-order valence-corrected chi connectivity index (χ0v) is 5.55. The molecule has 0 amide bonds. The lowest BCUT2D eigenvalue weighted by Gasteiger charge is -2.10. The summed E-state index contributed by atoms with van der Waals surface area (Å²) in [6.07, 6.45) is 0.597. The fourth-order valence-electron chi connectivity index (χ4n) is 0.485. The van der Waals surface area contributed by atoms with Crippen LogP contribution in [-0.4, -0.2) is 19.5 Å². The third kappa shape index (κ3) is 2.07. The molecule has 0 rings (SSSR count). The molecular weight excluding hydrogens is 104 g/mol. The highest BCUT2D eigenvalue weighted by atomic mass is 16.5. The summed E-state index contributed by atoms with van der Waals surface area (Å²) < 4.78 is 4.79. The highest BCUT2D eigenvalue weighted by Crippen LogP contribution is 2.00. The molecular formula is C6H12O2. The van der Waals surface area contributed by atoms with E-state index in [1.54, 1.807) is 7.11 Å². The third-order valence-electron chi connectivity index (χ3n) is 1.06. The van der Waals surface area contributed by atoms with Crippen LogP contribution in [0.3, 0.4) is 0 Å². The van der Waals surface area contributed by atoms with Crippen LogP contribution in [0.1, 0.15) is 13.8 Å². The van der Waals surface area contributed by atoms with E-state index in [1.165, 1.54) is 0 Å². The summed E-state index contributed by atoms with van der Waals surface area (Å²) in [6.45, 7) is 3.89. The van der Waals surface area contributed by atoms with Gasteiger partial charge in [0.2, 0.25) is 0 Å². The van der Waals surface area contributed by atoms with Gasteiger partial charge in [0.15, 0.2) is 0 Å². The first-order chi connectivity index (χ1) is 3.72. The number of methoxy groups -OCH3 is 1. The molecule has 2 heteroatoms. The molecule has 0 bridgehead atoms. The monoisotopic (exact) mass is 116 g/mol. The predicted octanol–water partition coefficient (Wildman–Crippen LogP) is 0.856. The normalized spacial score (nSPS) is 14.0. The van der Waals surface area contributed by atoms with Gasteiger partial charge in [0.1, 0.15) is 12.4 Å². The van der Waals surface area contributed by atoms with Crippen LogP contribution in [0.2, 0.25) is 0 Å². The van der Waals surface area contributed by atoms with Crippen molar-refractivity contribution in [3.05, 3.63) is 0 Å². The van der Waals surface area contributed by atoms with Gasteiger partial charge in [0, 0.05) is 7.11 Å². The first-order valence-electron chi connectivity index (χ1n) is 2.70. The van der Waals surface area contributed by atoms with Gasteiger partial charge >= 0.3 is 0 Å². The van der Waals surface area contributed by atoms with Gasteiger partial charge in [0.05, 0.1) is 0 Å². The van der Waals surface area contributed by atoms with Gasteiger partial charge < -0.3 is 9.53 Å². The number of hydrogen-bond acceptors (Lipinski definition) is 2. The van der Waals surface area contributed by atoms with Crippen molar-refractivity contribution in [2.24, 2.45) is 5.92 Å². The van der Waals surface area contributed by atoms with E-state index in [0.29, 0.717) is 0 Å². The van der Waals surface area contributed by atoms with Crippen LogP contribution >= 0.6 is 0 Å². The molecule has 0 unspecified atom stereocenters. The molecule has 0 heterocycles. The largest absolute Gasteiger partial charge is 0.374 e. The van der Waals surface area contributed by atoms with Crippen LogP contribution in [0.25, 0.3) is 0 Å². The smallest absolute Gasteiger partial charge is 0.149 e. The zero-order valence-electron chi connectivity index (χ0n) is 5.55. The van der Waals surface area contributed by atoms with E-state index < -0.39 is 0 Å². The van der Waals surface area contributed by atoms with Crippen LogP contribution in [0.5, 0.6) is 0 Å². The molecule has 0 saturated heterocycles. The minimum atomic E-state index is -0.227. The summed E-state index contributed by atoms with van der Waals surface area (Å²) in [5.74, 6) is 0.289. The van der Waals surface area contributed by atoms with Crippen LogP contribution < -0.4 is 0 Å². The van der Waals surface area contributed by atoms with E-state index in [9.17, 15) is 4.79 Å². The minimum absolute atomic E-state index is 0.227. The molecule has 1 atom stereocenters. The lowest BCUT2D eigenvalue weighted by atomic mass is 10.1. The molecule has 0 aromatic carbocycles. The highest BCUT2D eigenvalue weighted by Gasteiger charge is 2.08. The van der Waals surface area contributed by atoms with E-state index in [-0.39, 0.29) is 12.0 Å². The van der Waals surface area contributed by atoms with Gasteiger partial charge in [-0.25, -0.2) is 0 Å². The Morgan fingerprint density at radius 2 is 2.00 bits per heavy atom. The topological polar surface area (TPSA) is 26.3 Å². The Balaban J connectivity index is 3.51. The number of carbonyl (C=O) groups is 1. The Morgan fingerprint density at radius 3 is 2.00 bits per heavy atom. The van der Waals surface area contributed by atoms with Crippen LogP contribution in [0.4, 0.5) is 0 Å². The molecule has 0 saturated carbocycles. The lowest BCUT2D eigenvalue weighted by molar-refractivity contribution is -0.118. The molecule has 48 valence electrons. The Labute approximate surface area is 49.8 Å². The lowest BCUT2D eigenvalue weighted by Crippen LogP contribution is -2.18. The molecule has 0 radical (unpaired) electrons. The molecule has 8 heavy (non-hydrogen) atoms. The second-order valence-electron chi connectivity index (χ2n) is 2.08. The Morgan fingerprint density at radius 1 is 1.50 bits per heavy atom. The van der Waals surface area contributed by atoms with Crippen LogP contribution in [-0.2, 0) is 9.53 Å². The summed E-state index contributed by atoms with van der Waals surface area (Å²) in [5, 5.41) is 0. The molecule has 0 aliphatic carbocycles. The quantitative estimate of drug-likeness (QED) is 0.511. The van der Waals surface area contributed by atoms with Crippen molar-refractivity contribution in [2.75, 3.05) is 7.11 Å². The Kier molecular flexibility index (Phi) is 3.44. The number of rotatable bonds is 3. The fourth-order valence-corrected chi connectivity index (χ4v) is 0.485. The number of ether oxygens (including phenoxy) is 1. The summed E-state index contributed by atoms with van der Waals surface area (Å²) >= 11 is 0. The van der Waals surface area contributed by atoms with Crippen LogP contribution in [0.15, 0.2) is 0 Å². The summed E-state index contributed by atoms with van der Waals surface area (Å²) in [4.78, 5) is 10.1. The highest BCUT2D eigenvalue weighted by molar-refractivity contribution is 5.56. The van der Waals surface area contributed by atoms with E-state index in [2.05, 4.69) is 0 Å². The van der Waals surface area contributed by atoms with E-state index in [1.807, 2.05) is 13.8 Å². The van der Waals surface area contributed by atoms with Gasteiger partial charge in [0.25, 0.3) is 0 Å². The van der Waals surface area contributed by atoms with Gasteiger partial charge in [-0.15, -0.1) is 0 Å². The maximum absolute atomic E-state index is 10.1. The second kappa shape index (κ2) is 3.61. The van der Waals surface area contributed by atoms with Gasteiger partial charge in [-0.2, -0.15) is 0 Å². The summed E-state index contributed by atoms with van der Waals surface area (Å²) in [6, 6.07) is 0. The number of aldehydes is 1. The van der Waals surface area contributed by atoms with Crippen molar-refractivity contribution in [1.82, 2.24) is 0 Å². The fraction of sp³-hybridized carbons (Fsp3) is 0.833. The molecule has 0 aliphatic rings. The van der Waals surface area contributed by atoms with Crippen molar-refractivity contribution < 1.29 is 9.53 Å². The maximum Gasteiger partial charge on any atom is 0.149 e. The minimum Gasteiger partial charge on any atom is -0.374 e. The van der Waals surface area contributed by atoms with Crippen molar-refractivity contribution in [2.45, 2.75) is 20.0 Å². The van der Waals surface area contributed by atoms with E-state index in [4.69, 9.17) is 4.74 Å². The van der Waals surface area contributed by atoms with E-state index >= 15 is 0 Å². The zero-order chi connectivity index (χ0) is 6.57. The van der Waals surface area contributed by atoms with Crippen molar-refractivity contribution in [3.8, 4) is 0 Å². The van der Waals surface area contributed by atoms with E-state index in [0.717, 1.165) is 6.29 Å². The molecule has 2 nitrogen and oxygen atoms in total. The molecule has 0 N–H and O–H groups in total. The van der Waals surface area contributed by atoms with Crippen molar-refractivity contribution in [1.29, 1.82) is 0 Å². The number of carbonyl (C=O) groups excluding carboxylic acids is 1. The molecule has 0 aromatic heterocycles.